The average molecular weight is 370 g/mol. The first kappa shape index (κ1) is 17.0. The van der Waals surface area contributed by atoms with Crippen LogP contribution in [-0.4, -0.2) is 26.6 Å². The number of aryl methyl sites for hydroxylation is 1. The van der Waals surface area contributed by atoms with Crippen molar-refractivity contribution >= 4 is 28.6 Å². The van der Waals surface area contributed by atoms with Gasteiger partial charge < -0.3 is 5.32 Å². The Morgan fingerprint density at radius 2 is 2.00 bits per heavy atom. The number of halogens is 1. The van der Waals surface area contributed by atoms with E-state index < -0.39 is 0 Å². The number of aromatic nitrogens is 4. The normalized spacial score (nSPS) is 14.9. The molecule has 0 bridgehead atoms. The molecule has 134 valence electrons. The average Bonchev–Trinajstić information content (AvgIpc) is 3.16. The highest BCUT2D eigenvalue weighted by Gasteiger charge is 2.24. The highest BCUT2D eigenvalue weighted by atomic mass is 35.5. The quantitative estimate of drug-likeness (QED) is 0.707. The first-order valence-corrected chi connectivity index (χ1v) is 9.20. The van der Waals surface area contributed by atoms with E-state index in [4.69, 9.17) is 11.6 Å². The van der Waals surface area contributed by atoms with E-state index in [2.05, 4.69) is 20.3 Å². The van der Waals surface area contributed by atoms with Crippen LogP contribution in [0.4, 0.5) is 5.95 Å². The van der Waals surface area contributed by atoms with Crippen LogP contribution in [0.1, 0.15) is 37.4 Å². The van der Waals surface area contributed by atoms with Crippen LogP contribution < -0.4 is 10.9 Å². The molecule has 0 radical (unpaired) electrons. The van der Waals surface area contributed by atoms with Crippen LogP contribution in [0.2, 0.25) is 5.15 Å². The number of fused-ring (bicyclic) bond motifs is 1. The topological polar surface area (TPSA) is 72.7 Å². The van der Waals surface area contributed by atoms with Crippen LogP contribution in [0.25, 0.3) is 22.2 Å². The molecule has 1 aliphatic rings. The Bertz CT molecular complexity index is 1020. The number of hydrogen-bond donors (Lipinski definition) is 1. The van der Waals surface area contributed by atoms with Crippen molar-refractivity contribution in [2.24, 2.45) is 0 Å². The van der Waals surface area contributed by atoms with E-state index >= 15 is 0 Å². The molecule has 3 aromatic rings. The van der Waals surface area contributed by atoms with Crippen molar-refractivity contribution in [3.63, 3.8) is 0 Å². The highest BCUT2D eigenvalue weighted by Crippen LogP contribution is 2.32. The van der Waals surface area contributed by atoms with E-state index in [0.29, 0.717) is 22.3 Å². The zero-order valence-corrected chi connectivity index (χ0v) is 15.5. The van der Waals surface area contributed by atoms with E-state index in [1.807, 2.05) is 23.6 Å². The minimum atomic E-state index is -0.0336. The van der Waals surface area contributed by atoms with Crippen molar-refractivity contribution in [1.82, 2.24) is 19.5 Å². The van der Waals surface area contributed by atoms with Gasteiger partial charge in [0.2, 0.25) is 5.95 Å². The second-order valence-electron chi connectivity index (χ2n) is 6.66. The molecule has 0 aromatic carbocycles. The van der Waals surface area contributed by atoms with Crippen molar-refractivity contribution in [3.05, 3.63) is 45.6 Å². The van der Waals surface area contributed by atoms with Gasteiger partial charge >= 0.3 is 0 Å². The maximum absolute atomic E-state index is 13.4. The fourth-order valence-corrected chi connectivity index (χ4v) is 3.82. The van der Waals surface area contributed by atoms with Crippen molar-refractivity contribution in [1.29, 1.82) is 0 Å². The minimum Gasteiger partial charge on any atom is -0.357 e. The first-order valence-electron chi connectivity index (χ1n) is 8.82. The summed E-state index contributed by atoms with van der Waals surface area (Å²) >= 11 is 5.91. The number of rotatable bonds is 3. The summed E-state index contributed by atoms with van der Waals surface area (Å²) < 4.78 is 1.86. The summed E-state index contributed by atoms with van der Waals surface area (Å²) in [5.74, 6) is 0.530. The Balaban J connectivity index is 2.05. The fourth-order valence-electron chi connectivity index (χ4n) is 3.71. The van der Waals surface area contributed by atoms with Crippen LogP contribution in [0.3, 0.4) is 0 Å². The van der Waals surface area contributed by atoms with Crippen LogP contribution in [-0.2, 0) is 0 Å². The molecule has 4 rings (SSSR count). The van der Waals surface area contributed by atoms with E-state index in [-0.39, 0.29) is 11.6 Å². The Hall–Kier alpha value is -2.47. The van der Waals surface area contributed by atoms with Gasteiger partial charge in [-0.3, -0.25) is 9.36 Å². The maximum atomic E-state index is 13.4. The van der Waals surface area contributed by atoms with Gasteiger partial charge in [0.15, 0.2) is 0 Å². The lowest BCUT2D eigenvalue weighted by Crippen LogP contribution is -2.26. The minimum absolute atomic E-state index is 0.0336. The van der Waals surface area contributed by atoms with E-state index in [0.717, 1.165) is 42.3 Å². The van der Waals surface area contributed by atoms with Crippen molar-refractivity contribution in [2.75, 3.05) is 12.4 Å². The van der Waals surface area contributed by atoms with E-state index in [1.165, 1.54) is 0 Å². The number of pyridine rings is 2. The van der Waals surface area contributed by atoms with Crippen molar-refractivity contribution < 1.29 is 0 Å². The summed E-state index contributed by atoms with van der Waals surface area (Å²) in [6.45, 7) is 1.94. The fraction of sp³-hybridized carbons (Fsp3) is 0.368. The van der Waals surface area contributed by atoms with E-state index in [1.54, 1.807) is 19.3 Å². The van der Waals surface area contributed by atoms with Gasteiger partial charge in [-0.15, -0.1) is 0 Å². The van der Waals surface area contributed by atoms with Crippen LogP contribution >= 0.6 is 11.6 Å². The van der Waals surface area contributed by atoms with Crippen molar-refractivity contribution in [3.8, 4) is 11.1 Å². The maximum Gasteiger partial charge on any atom is 0.260 e. The second kappa shape index (κ2) is 6.68. The summed E-state index contributed by atoms with van der Waals surface area (Å²) in [5.41, 5.74) is 2.87. The number of nitrogens with zero attached hydrogens (tertiary/aromatic N) is 4. The summed E-state index contributed by atoms with van der Waals surface area (Å²) in [6.07, 6.45) is 5.90. The Morgan fingerprint density at radius 1 is 1.23 bits per heavy atom. The Kier molecular flexibility index (Phi) is 4.36. The molecule has 3 aromatic heterocycles. The molecule has 3 heterocycles. The monoisotopic (exact) mass is 369 g/mol. The summed E-state index contributed by atoms with van der Waals surface area (Å²) in [4.78, 5) is 26.6. The molecule has 1 saturated carbocycles. The van der Waals surface area contributed by atoms with Crippen LogP contribution in [0, 0.1) is 6.92 Å². The molecule has 1 aliphatic carbocycles. The van der Waals surface area contributed by atoms with Gasteiger partial charge in [-0.1, -0.05) is 24.4 Å². The summed E-state index contributed by atoms with van der Waals surface area (Å²) in [5, 5.41) is 4.28. The van der Waals surface area contributed by atoms with Crippen molar-refractivity contribution in [2.45, 2.75) is 38.6 Å². The molecule has 6 nitrogen and oxygen atoms in total. The third-order valence-corrected chi connectivity index (χ3v) is 5.26. The smallest absolute Gasteiger partial charge is 0.260 e. The molecule has 7 heteroatoms. The zero-order chi connectivity index (χ0) is 18.3. The lowest BCUT2D eigenvalue weighted by Gasteiger charge is -2.19. The molecule has 0 amide bonds. The van der Waals surface area contributed by atoms with Gasteiger partial charge in [0.1, 0.15) is 10.8 Å². The van der Waals surface area contributed by atoms with Gasteiger partial charge in [-0.25, -0.2) is 9.97 Å². The molecule has 1 N–H and O–H groups in total. The predicted octanol–water partition coefficient (Wildman–Crippen LogP) is 3.97. The van der Waals surface area contributed by atoms with Gasteiger partial charge in [-0.2, -0.15) is 4.98 Å². The number of hydrogen-bond acceptors (Lipinski definition) is 5. The summed E-state index contributed by atoms with van der Waals surface area (Å²) in [7, 11) is 1.78. The zero-order valence-electron chi connectivity index (χ0n) is 14.8. The standard InChI is InChI=1S/C19H20ClN5O/c1-11-14-9-15(12-7-8-16(20)22-10-12)18(26)25(13-5-3-4-6-13)17(14)24-19(21-2)23-11/h7-10,13H,3-6H2,1-2H3,(H,21,23,24). The first-order chi connectivity index (χ1) is 12.6. The van der Waals surface area contributed by atoms with Crippen LogP contribution in [0.5, 0.6) is 0 Å². The second-order valence-corrected chi connectivity index (χ2v) is 7.05. The molecule has 0 aliphatic heterocycles. The predicted molar refractivity (Wildman–Crippen MR) is 104 cm³/mol. The Morgan fingerprint density at radius 3 is 2.65 bits per heavy atom. The molecular formula is C19H20ClN5O. The third kappa shape index (κ3) is 2.84. The van der Waals surface area contributed by atoms with Gasteiger partial charge in [0, 0.05) is 35.8 Å². The molecule has 0 atom stereocenters. The van der Waals surface area contributed by atoms with Gasteiger partial charge in [-0.05, 0) is 38.0 Å². The largest absolute Gasteiger partial charge is 0.357 e. The van der Waals surface area contributed by atoms with Gasteiger partial charge in [0.25, 0.3) is 5.56 Å². The van der Waals surface area contributed by atoms with Gasteiger partial charge in [0.05, 0.1) is 5.69 Å². The lowest BCUT2D eigenvalue weighted by molar-refractivity contribution is 0.516. The number of nitrogens with one attached hydrogen (secondary N) is 1. The SMILES string of the molecule is CNc1nc(C)c2cc(-c3ccc(Cl)nc3)c(=O)n(C3CCCC3)c2n1. The lowest BCUT2D eigenvalue weighted by atomic mass is 10.1. The third-order valence-electron chi connectivity index (χ3n) is 5.03. The number of anilines is 1. The molecule has 0 unspecified atom stereocenters. The molecule has 0 spiro atoms. The summed E-state index contributed by atoms with van der Waals surface area (Å²) in [6, 6.07) is 5.58. The van der Waals surface area contributed by atoms with E-state index in [9.17, 15) is 4.79 Å². The Labute approximate surface area is 156 Å². The molecular weight excluding hydrogens is 350 g/mol. The highest BCUT2D eigenvalue weighted by molar-refractivity contribution is 6.29. The molecule has 26 heavy (non-hydrogen) atoms. The van der Waals surface area contributed by atoms with Crippen LogP contribution in [0.15, 0.2) is 29.2 Å². The molecule has 0 saturated heterocycles. The molecule has 1 fully saturated rings.